The summed E-state index contributed by atoms with van der Waals surface area (Å²) in [6.07, 6.45) is 0.224. The lowest BCUT2D eigenvalue weighted by molar-refractivity contribution is -0.130. The first-order valence-electron chi connectivity index (χ1n) is 6.85. The maximum Gasteiger partial charge on any atom is 0.224 e. The highest BCUT2D eigenvalue weighted by molar-refractivity contribution is 6.30. The third-order valence-electron chi connectivity index (χ3n) is 3.15. The highest BCUT2D eigenvalue weighted by Crippen LogP contribution is 2.20. The Morgan fingerprint density at radius 3 is 2.36 bits per heavy atom. The van der Waals surface area contributed by atoms with E-state index in [0.29, 0.717) is 11.6 Å². The van der Waals surface area contributed by atoms with Crippen LogP contribution < -0.4 is 10.6 Å². The number of rotatable bonds is 7. The van der Waals surface area contributed by atoms with Gasteiger partial charge >= 0.3 is 0 Å². The van der Waals surface area contributed by atoms with Gasteiger partial charge in [0.15, 0.2) is 0 Å². The number of benzene rings is 1. The van der Waals surface area contributed by atoms with E-state index in [-0.39, 0.29) is 36.7 Å². The molecule has 1 aromatic carbocycles. The third kappa shape index (κ3) is 7.11. The Morgan fingerprint density at radius 1 is 1.27 bits per heavy atom. The Hall–Kier alpha value is -1.30. The van der Waals surface area contributed by atoms with Crippen LogP contribution in [0.25, 0.3) is 0 Å². The van der Waals surface area contributed by atoms with Gasteiger partial charge in [0.2, 0.25) is 11.8 Å². The van der Waals surface area contributed by atoms with Crippen LogP contribution in [-0.4, -0.2) is 43.9 Å². The summed E-state index contributed by atoms with van der Waals surface area (Å²) in [4.78, 5) is 25.2. The van der Waals surface area contributed by atoms with Crippen LogP contribution >= 0.6 is 24.0 Å². The molecule has 0 saturated heterocycles. The number of nitrogens with one attached hydrogen (secondary N) is 2. The predicted octanol–water partition coefficient (Wildman–Crippen LogP) is 2.01. The lowest BCUT2D eigenvalue weighted by atomic mass is 10.0. The number of amides is 2. The van der Waals surface area contributed by atoms with E-state index >= 15 is 0 Å². The van der Waals surface area contributed by atoms with E-state index < -0.39 is 0 Å². The second-order valence-electron chi connectivity index (χ2n) is 4.93. The molecule has 2 N–H and O–H groups in total. The molecule has 0 bridgehead atoms. The minimum Gasteiger partial charge on any atom is -0.349 e. The molecule has 0 heterocycles. The third-order valence-corrected chi connectivity index (χ3v) is 3.40. The molecule has 22 heavy (non-hydrogen) atoms. The summed E-state index contributed by atoms with van der Waals surface area (Å²) in [6, 6.07) is 6.81. The van der Waals surface area contributed by atoms with Gasteiger partial charge in [-0.3, -0.25) is 9.59 Å². The van der Waals surface area contributed by atoms with Crippen LogP contribution in [0.2, 0.25) is 5.02 Å². The number of nitrogens with zero attached hydrogens (tertiary/aromatic N) is 1. The van der Waals surface area contributed by atoms with Gasteiger partial charge in [-0.25, -0.2) is 0 Å². The monoisotopic (exact) mass is 347 g/mol. The average molecular weight is 348 g/mol. The molecule has 124 valence electrons. The van der Waals surface area contributed by atoms with Crippen molar-refractivity contribution in [3.63, 3.8) is 0 Å². The molecule has 1 unspecified atom stereocenters. The highest BCUT2D eigenvalue weighted by atomic mass is 35.5. The summed E-state index contributed by atoms with van der Waals surface area (Å²) in [5.74, 6) is -0.181. The number of hydrogen-bond donors (Lipinski definition) is 2. The summed E-state index contributed by atoms with van der Waals surface area (Å²) in [6.45, 7) is 2.80. The van der Waals surface area contributed by atoms with Crippen LogP contribution in [0.3, 0.4) is 0 Å². The summed E-state index contributed by atoms with van der Waals surface area (Å²) in [5.41, 5.74) is 0.866. The SMILES string of the molecule is CNCCN(C)C(=O)CC(NC(C)=O)c1ccc(Cl)cc1.Cl. The Labute approximate surface area is 142 Å². The maximum absolute atomic E-state index is 12.2. The van der Waals surface area contributed by atoms with Crippen molar-refractivity contribution in [1.29, 1.82) is 0 Å². The molecule has 0 aromatic heterocycles. The van der Waals surface area contributed by atoms with Gasteiger partial charge < -0.3 is 15.5 Å². The lowest BCUT2D eigenvalue weighted by Crippen LogP contribution is -2.36. The first-order valence-corrected chi connectivity index (χ1v) is 7.23. The fourth-order valence-corrected chi connectivity index (χ4v) is 2.05. The van der Waals surface area contributed by atoms with Crippen LogP contribution in [0.1, 0.15) is 24.9 Å². The normalized spacial score (nSPS) is 11.3. The summed E-state index contributed by atoms with van der Waals surface area (Å²) in [7, 11) is 3.60. The van der Waals surface area contributed by atoms with Gasteiger partial charge in [-0.1, -0.05) is 23.7 Å². The molecule has 7 heteroatoms. The standard InChI is InChI=1S/C15H22ClN3O2.ClH/c1-11(20)18-14(12-4-6-13(16)7-5-12)10-15(21)19(3)9-8-17-2;/h4-7,14,17H,8-10H2,1-3H3,(H,18,20);1H. The molecule has 0 aliphatic carbocycles. The Morgan fingerprint density at radius 2 is 1.86 bits per heavy atom. The van der Waals surface area contributed by atoms with Crippen molar-refractivity contribution in [2.75, 3.05) is 27.2 Å². The number of hydrogen-bond acceptors (Lipinski definition) is 3. The minimum atomic E-state index is -0.343. The van der Waals surface area contributed by atoms with Gasteiger partial charge in [-0.05, 0) is 24.7 Å². The molecule has 5 nitrogen and oxygen atoms in total. The van der Waals surface area contributed by atoms with E-state index in [0.717, 1.165) is 12.1 Å². The predicted molar refractivity (Wildman–Crippen MR) is 91.4 cm³/mol. The topological polar surface area (TPSA) is 61.4 Å². The van der Waals surface area contributed by atoms with Crippen LogP contribution in [0.4, 0.5) is 0 Å². The molecule has 0 radical (unpaired) electrons. The molecule has 1 atom stereocenters. The number of carbonyl (C=O) groups is 2. The van der Waals surface area contributed by atoms with Crippen molar-refractivity contribution in [1.82, 2.24) is 15.5 Å². The average Bonchev–Trinajstić information content (AvgIpc) is 2.44. The number of likely N-dealkylation sites (N-methyl/N-ethyl adjacent to an activating group) is 2. The fourth-order valence-electron chi connectivity index (χ4n) is 1.93. The van der Waals surface area contributed by atoms with Gasteiger partial charge in [0.25, 0.3) is 0 Å². The van der Waals surface area contributed by atoms with Crippen molar-refractivity contribution in [2.45, 2.75) is 19.4 Å². The highest BCUT2D eigenvalue weighted by Gasteiger charge is 2.19. The van der Waals surface area contributed by atoms with Crippen LogP contribution in [0.5, 0.6) is 0 Å². The zero-order valence-corrected chi connectivity index (χ0v) is 14.6. The Kier molecular flexibility index (Phi) is 9.81. The zero-order valence-electron chi connectivity index (χ0n) is 13.1. The van der Waals surface area contributed by atoms with E-state index in [1.54, 1.807) is 24.1 Å². The molecule has 1 aromatic rings. The van der Waals surface area contributed by atoms with Crippen molar-refractivity contribution < 1.29 is 9.59 Å². The Bertz CT molecular complexity index is 480. The van der Waals surface area contributed by atoms with E-state index in [4.69, 9.17) is 11.6 Å². The van der Waals surface area contributed by atoms with Crippen molar-refractivity contribution >= 4 is 35.8 Å². The Balaban J connectivity index is 0.00000441. The second kappa shape index (κ2) is 10.4. The maximum atomic E-state index is 12.2. The first kappa shape index (κ1) is 20.7. The molecule has 1 rings (SSSR count). The number of halogens is 2. The molecular formula is C15H23Cl2N3O2. The molecule has 0 saturated carbocycles. The molecular weight excluding hydrogens is 325 g/mol. The zero-order chi connectivity index (χ0) is 15.8. The second-order valence-corrected chi connectivity index (χ2v) is 5.36. The molecule has 0 fully saturated rings. The van der Waals surface area contributed by atoms with Crippen molar-refractivity contribution in [3.8, 4) is 0 Å². The molecule has 0 aliphatic heterocycles. The van der Waals surface area contributed by atoms with Gasteiger partial charge in [0, 0.05) is 32.1 Å². The molecule has 2 amide bonds. The number of carbonyl (C=O) groups excluding carboxylic acids is 2. The van der Waals surface area contributed by atoms with E-state index in [1.165, 1.54) is 6.92 Å². The van der Waals surface area contributed by atoms with E-state index in [2.05, 4.69) is 10.6 Å². The van der Waals surface area contributed by atoms with Crippen LogP contribution in [0, 0.1) is 0 Å². The molecule has 0 aliphatic rings. The van der Waals surface area contributed by atoms with Gasteiger partial charge in [-0.15, -0.1) is 12.4 Å². The van der Waals surface area contributed by atoms with Crippen molar-refractivity contribution in [2.24, 2.45) is 0 Å². The van der Waals surface area contributed by atoms with Crippen LogP contribution in [-0.2, 0) is 9.59 Å². The van der Waals surface area contributed by atoms with Crippen LogP contribution in [0.15, 0.2) is 24.3 Å². The fraction of sp³-hybridized carbons (Fsp3) is 0.467. The molecule has 0 spiro atoms. The minimum absolute atomic E-state index is 0. The van der Waals surface area contributed by atoms with Gasteiger partial charge in [0.1, 0.15) is 0 Å². The van der Waals surface area contributed by atoms with E-state index in [9.17, 15) is 9.59 Å². The quantitative estimate of drug-likeness (QED) is 0.792. The largest absolute Gasteiger partial charge is 0.349 e. The smallest absolute Gasteiger partial charge is 0.224 e. The van der Waals surface area contributed by atoms with E-state index in [1.807, 2.05) is 19.2 Å². The van der Waals surface area contributed by atoms with Gasteiger partial charge in [0.05, 0.1) is 12.5 Å². The van der Waals surface area contributed by atoms with Gasteiger partial charge in [-0.2, -0.15) is 0 Å². The first-order chi connectivity index (χ1) is 9.93. The van der Waals surface area contributed by atoms with Crippen molar-refractivity contribution in [3.05, 3.63) is 34.9 Å². The lowest BCUT2D eigenvalue weighted by Gasteiger charge is -2.22. The summed E-state index contributed by atoms with van der Waals surface area (Å²) >= 11 is 5.87. The summed E-state index contributed by atoms with van der Waals surface area (Å²) < 4.78 is 0. The summed E-state index contributed by atoms with van der Waals surface area (Å²) in [5, 5.41) is 6.43.